The molecule has 6 nitrogen and oxygen atoms in total. The maximum atomic E-state index is 12.3. The van der Waals surface area contributed by atoms with Crippen LogP contribution in [0.4, 0.5) is 0 Å². The quantitative estimate of drug-likeness (QED) is 0.258. The molecule has 0 bridgehead atoms. The molecule has 0 radical (unpaired) electrons. The van der Waals surface area contributed by atoms with Crippen molar-refractivity contribution in [3.63, 3.8) is 0 Å². The largest absolute Gasteiger partial charge is 0.462 e. The van der Waals surface area contributed by atoms with Gasteiger partial charge in [0.15, 0.2) is 12.5 Å². The number of aromatic nitrogens is 1. The Kier molecular flexibility index (Phi) is 9.91. The zero-order chi connectivity index (χ0) is 18.7. The van der Waals surface area contributed by atoms with E-state index in [1.54, 1.807) is 12.3 Å². The van der Waals surface area contributed by atoms with Crippen LogP contribution in [0.25, 0.3) is 0 Å². The lowest BCUT2D eigenvalue weighted by Crippen LogP contribution is -2.23. The third kappa shape index (κ3) is 7.29. The Morgan fingerprint density at radius 3 is 2.76 bits per heavy atom. The Bertz CT molecular complexity index is 680. The molecule has 7 heteroatoms. The molecule has 0 fully saturated rings. The summed E-state index contributed by atoms with van der Waals surface area (Å²) in [4.78, 5) is 17.6. The van der Waals surface area contributed by atoms with Crippen LogP contribution in [-0.2, 0) is 16.2 Å². The Morgan fingerprint density at radius 1 is 1.40 bits per heavy atom. The van der Waals surface area contributed by atoms with E-state index in [1.165, 1.54) is 30.5 Å². The van der Waals surface area contributed by atoms with Crippen LogP contribution in [0.3, 0.4) is 0 Å². The van der Waals surface area contributed by atoms with Gasteiger partial charge < -0.3 is 14.2 Å². The van der Waals surface area contributed by atoms with E-state index in [-0.39, 0.29) is 24.8 Å². The Labute approximate surface area is 153 Å². The number of pyridine rings is 1. The number of methoxy groups -OCH3 is 2. The first-order valence-electron chi connectivity index (χ1n) is 7.93. The van der Waals surface area contributed by atoms with Crippen molar-refractivity contribution >= 4 is 18.0 Å². The van der Waals surface area contributed by atoms with Gasteiger partial charge in [-0.1, -0.05) is 31.7 Å². The minimum Gasteiger partial charge on any atom is -0.462 e. The fraction of sp³-hybridized carbons (Fsp3) is 0.444. The van der Waals surface area contributed by atoms with E-state index in [9.17, 15) is 4.79 Å². The molecule has 0 aliphatic rings. The van der Waals surface area contributed by atoms with Crippen molar-refractivity contribution in [2.24, 2.45) is 4.99 Å². The topological polar surface area (TPSA) is 62.0 Å². The average molecular weight is 366 g/mol. The van der Waals surface area contributed by atoms with Crippen LogP contribution in [0, 0.1) is 0 Å². The van der Waals surface area contributed by atoms with Crippen molar-refractivity contribution in [1.29, 1.82) is 0 Å². The molecule has 0 spiro atoms. The lowest BCUT2D eigenvalue weighted by atomic mass is 10.3. The summed E-state index contributed by atoms with van der Waals surface area (Å²) in [5.74, 6) is 0.212. The summed E-state index contributed by atoms with van der Waals surface area (Å²) < 4.78 is 16.7. The SMILES string of the molecule is C=C(C)/C(=C\Sc1cc(OCOC)c(=O)n(COC)c1)N=CCCC. The first kappa shape index (κ1) is 21.2. The third-order valence-corrected chi connectivity index (χ3v) is 3.86. The van der Waals surface area contributed by atoms with Crippen LogP contribution in [0.1, 0.15) is 26.7 Å². The summed E-state index contributed by atoms with van der Waals surface area (Å²) >= 11 is 1.44. The van der Waals surface area contributed by atoms with Gasteiger partial charge >= 0.3 is 0 Å². The van der Waals surface area contributed by atoms with Crippen molar-refractivity contribution in [1.82, 2.24) is 4.57 Å². The van der Waals surface area contributed by atoms with Gasteiger partial charge in [-0.3, -0.25) is 14.4 Å². The summed E-state index contributed by atoms with van der Waals surface area (Å²) in [7, 11) is 3.03. The van der Waals surface area contributed by atoms with Gasteiger partial charge in [-0.15, -0.1) is 0 Å². The van der Waals surface area contributed by atoms with Crippen LogP contribution >= 0.6 is 11.8 Å². The molecule has 0 atom stereocenters. The number of thioether (sulfide) groups is 1. The smallest absolute Gasteiger partial charge is 0.294 e. The van der Waals surface area contributed by atoms with Gasteiger partial charge in [0.2, 0.25) is 0 Å². The fourth-order valence-corrected chi connectivity index (χ4v) is 2.64. The Hall–Kier alpha value is -1.83. The standard InChI is InChI=1S/C18H26N2O4S/c1-6-7-8-19-16(14(2)3)11-25-15-9-17(24-13-23-5)18(21)20(10-15)12-22-4/h8-11H,2,6-7,12-13H2,1,3-5H3/b16-11+,19-8?. The summed E-state index contributed by atoms with van der Waals surface area (Å²) in [5.41, 5.74) is 1.41. The van der Waals surface area contributed by atoms with Gasteiger partial charge in [0.1, 0.15) is 6.73 Å². The molecule has 0 N–H and O–H groups in total. The van der Waals surface area contributed by atoms with E-state index in [4.69, 9.17) is 14.2 Å². The number of allylic oxidation sites excluding steroid dienone is 1. The summed E-state index contributed by atoms with van der Waals surface area (Å²) in [6.45, 7) is 8.11. The normalized spacial score (nSPS) is 11.9. The lowest BCUT2D eigenvalue weighted by Gasteiger charge is -2.11. The van der Waals surface area contributed by atoms with E-state index in [2.05, 4.69) is 18.5 Å². The number of nitrogens with zero attached hydrogens (tertiary/aromatic N) is 2. The maximum Gasteiger partial charge on any atom is 0.294 e. The van der Waals surface area contributed by atoms with Gasteiger partial charge in [-0.05, 0) is 18.9 Å². The average Bonchev–Trinajstić information content (AvgIpc) is 2.59. The second-order valence-corrected chi connectivity index (χ2v) is 6.23. The maximum absolute atomic E-state index is 12.3. The predicted octanol–water partition coefficient (Wildman–Crippen LogP) is 3.82. The Balaban J connectivity index is 3.09. The molecule has 0 aromatic carbocycles. The van der Waals surface area contributed by atoms with E-state index in [1.807, 2.05) is 18.5 Å². The third-order valence-electron chi connectivity index (χ3n) is 3.02. The lowest BCUT2D eigenvalue weighted by molar-refractivity contribution is 0.0483. The molecule has 0 saturated carbocycles. The van der Waals surface area contributed by atoms with Gasteiger partial charge in [0.05, 0.1) is 5.70 Å². The molecule has 1 heterocycles. The number of unbranched alkanes of at least 4 members (excludes halogenated alkanes) is 1. The molecule has 0 unspecified atom stereocenters. The van der Waals surface area contributed by atoms with Crippen LogP contribution in [0.2, 0.25) is 0 Å². The highest BCUT2D eigenvalue weighted by Gasteiger charge is 2.08. The highest BCUT2D eigenvalue weighted by atomic mass is 32.2. The minimum atomic E-state index is -0.270. The molecule has 0 aliphatic carbocycles. The molecule has 25 heavy (non-hydrogen) atoms. The monoisotopic (exact) mass is 366 g/mol. The van der Waals surface area contributed by atoms with Crippen molar-refractivity contribution < 1.29 is 14.2 Å². The zero-order valence-electron chi connectivity index (χ0n) is 15.3. The highest BCUT2D eigenvalue weighted by Crippen LogP contribution is 2.25. The molecule has 1 aromatic rings. The molecule has 1 aromatic heterocycles. The zero-order valence-corrected chi connectivity index (χ0v) is 16.1. The highest BCUT2D eigenvalue weighted by molar-refractivity contribution is 8.02. The van der Waals surface area contributed by atoms with Crippen molar-refractivity contribution in [3.8, 4) is 5.75 Å². The van der Waals surface area contributed by atoms with Crippen molar-refractivity contribution in [3.05, 3.63) is 45.9 Å². The van der Waals surface area contributed by atoms with Gasteiger partial charge in [-0.2, -0.15) is 0 Å². The number of hydrogen-bond acceptors (Lipinski definition) is 6. The second kappa shape index (κ2) is 11.7. The number of rotatable bonds is 11. The molecular formula is C18H26N2O4S. The van der Waals surface area contributed by atoms with Crippen LogP contribution in [0.15, 0.2) is 50.2 Å². The van der Waals surface area contributed by atoms with Crippen molar-refractivity contribution in [2.45, 2.75) is 38.3 Å². The minimum absolute atomic E-state index is 0.00447. The van der Waals surface area contributed by atoms with Crippen molar-refractivity contribution in [2.75, 3.05) is 21.0 Å². The number of aliphatic imine (C=N–C) groups is 1. The van der Waals surface area contributed by atoms with Gasteiger partial charge in [0, 0.05) is 43.0 Å². The van der Waals surface area contributed by atoms with Crippen LogP contribution in [0.5, 0.6) is 5.75 Å². The van der Waals surface area contributed by atoms with E-state index < -0.39 is 0 Å². The summed E-state index contributed by atoms with van der Waals surface area (Å²) in [6.07, 6.45) is 5.57. The van der Waals surface area contributed by atoms with Crippen LogP contribution < -0.4 is 10.3 Å². The van der Waals surface area contributed by atoms with E-state index >= 15 is 0 Å². The number of hydrogen-bond donors (Lipinski definition) is 0. The first-order chi connectivity index (χ1) is 12.0. The number of ether oxygens (including phenoxy) is 3. The Morgan fingerprint density at radius 2 is 2.16 bits per heavy atom. The van der Waals surface area contributed by atoms with E-state index in [0.29, 0.717) is 0 Å². The molecule has 0 amide bonds. The second-order valence-electron chi connectivity index (χ2n) is 5.29. The van der Waals surface area contributed by atoms with Crippen LogP contribution in [-0.4, -0.2) is 31.8 Å². The van der Waals surface area contributed by atoms with E-state index in [0.717, 1.165) is 29.0 Å². The van der Waals surface area contributed by atoms with Gasteiger partial charge in [-0.25, -0.2) is 0 Å². The first-order valence-corrected chi connectivity index (χ1v) is 8.81. The molecule has 138 valence electrons. The van der Waals surface area contributed by atoms with Gasteiger partial charge in [0.25, 0.3) is 5.56 Å². The molecule has 0 saturated heterocycles. The molecule has 1 rings (SSSR count). The molecule has 0 aliphatic heterocycles. The molecular weight excluding hydrogens is 340 g/mol. The summed E-state index contributed by atoms with van der Waals surface area (Å²) in [6, 6.07) is 1.68. The summed E-state index contributed by atoms with van der Waals surface area (Å²) in [5, 5.41) is 1.91. The predicted molar refractivity (Wildman–Crippen MR) is 102 cm³/mol. The fourth-order valence-electron chi connectivity index (χ4n) is 1.76.